The second-order valence-electron chi connectivity index (χ2n) is 11.1. The number of hydrogen-bond donors (Lipinski definition) is 1. The van der Waals surface area contributed by atoms with E-state index in [9.17, 15) is 19.5 Å². The first-order valence-electron chi connectivity index (χ1n) is 14.3. The summed E-state index contributed by atoms with van der Waals surface area (Å²) in [5.74, 6) is -1.78. The van der Waals surface area contributed by atoms with Crippen LogP contribution in [0.25, 0.3) is 0 Å². The van der Waals surface area contributed by atoms with Gasteiger partial charge in [-0.25, -0.2) is 0 Å². The molecule has 0 saturated carbocycles. The van der Waals surface area contributed by atoms with Crippen molar-refractivity contribution in [3.8, 4) is 5.75 Å². The number of carbonyl (C=O) groups is 3. The standard InChI is InChI=1S/C33H38N2O6S/c1-5-7-18-41-32(39)27-26-19-21(3)33(42-26)28(27)30(37)35(25(20-36)22-11-9-8-10-12-22)29(33)31(38)34(17-6-2)23-13-15-24(40-4)16-14-23/h5-6,8-16,21,25-29,36H,1-2,7,17-20H2,3-4H3/t21?,25-,26-,27+,28+,29?,33?/m1/s1. The third kappa shape index (κ3) is 4.82. The van der Waals surface area contributed by atoms with Gasteiger partial charge in [0, 0.05) is 17.5 Å². The average Bonchev–Trinajstić information content (AvgIpc) is 3.60. The Morgan fingerprint density at radius 2 is 1.88 bits per heavy atom. The summed E-state index contributed by atoms with van der Waals surface area (Å²) in [6, 6.07) is 14.7. The summed E-state index contributed by atoms with van der Waals surface area (Å²) in [5, 5.41) is 10.6. The van der Waals surface area contributed by atoms with E-state index < -0.39 is 34.6 Å². The summed E-state index contributed by atoms with van der Waals surface area (Å²) in [6.07, 6.45) is 4.54. The lowest BCUT2D eigenvalue weighted by Crippen LogP contribution is -2.58. The number of hydrogen-bond acceptors (Lipinski definition) is 7. The molecule has 9 heteroatoms. The van der Waals surface area contributed by atoms with E-state index in [4.69, 9.17) is 9.47 Å². The minimum absolute atomic E-state index is 0.0332. The van der Waals surface area contributed by atoms with Crippen LogP contribution in [0.4, 0.5) is 5.69 Å². The Labute approximate surface area is 251 Å². The Kier molecular flexibility index (Phi) is 8.80. The van der Waals surface area contributed by atoms with Gasteiger partial charge in [0.2, 0.25) is 5.91 Å². The molecule has 2 aromatic rings. The third-order valence-electron chi connectivity index (χ3n) is 8.91. The molecular formula is C33H38N2O6S. The monoisotopic (exact) mass is 590 g/mol. The van der Waals surface area contributed by atoms with Gasteiger partial charge in [-0.05, 0) is 48.6 Å². The molecule has 3 saturated heterocycles. The van der Waals surface area contributed by atoms with E-state index in [1.54, 1.807) is 65.1 Å². The minimum atomic E-state index is -0.926. The predicted octanol–water partition coefficient (Wildman–Crippen LogP) is 4.40. The molecule has 7 atom stereocenters. The summed E-state index contributed by atoms with van der Waals surface area (Å²) in [4.78, 5) is 46.2. The van der Waals surface area contributed by atoms with Gasteiger partial charge in [0.15, 0.2) is 0 Å². The van der Waals surface area contributed by atoms with Gasteiger partial charge in [-0.15, -0.1) is 24.9 Å². The SMILES string of the molecule is C=CCCOC(=O)[C@@H]1[C@H]2C(=O)N([C@H](CO)c3ccccc3)C(C(=O)N(CC=C)c3ccc(OC)cc3)C23S[C@@H]1CC3C. The molecule has 3 fully saturated rings. The van der Waals surface area contributed by atoms with Crippen molar-refractivity contribution in [3.63, 3.8) is 0 Å². The highest BCUT2D eigenvalue weighted by atomic mass is 32.2. The Morgan fingerprint density at radius 1 is 1.17 bits per heavy atom. The van der Waals surface area contributed by atoms with Gasteiger partial charge in [0.25, 0.3) is 5.91 Å². The Balaban J connectivity index is 1.63. The second-order valence-corrected chi connectivity index (χ2v) is 12.6. The molecule has 222 valence electrons. The van der Waals surface area contributed by atoms with E-state index in [-0.39, 0.29) is 42.7 Å². The van der Waals surface area contributed by atoms with Gasteiger partial charge in [-0.1, -0.05) is 49.4 Å². The quantitative estimate of drug-likeness (QED) is 0.222. The van der Waals surface area contributed by atoms with Crippen LogP contribution in [0.5, 0.6) is 5.75 Å². The van der Waals surface area contributed by atoms with Crippen molar-refractivity contribution in [2.24, 2.45) is 17.8 Å². The number of amides is 2. The van der Waals surface area contributed by atoms with Crippen LogP contribution in [0.2, 0.25) is 0 Å². The lowest BCUT2D eigenvalue weighted by atomic mass is 9.66. The zero-order valence-electron chi connectivity index (χ0n) is 24.1. The second kappa shape index (κ2) is 12.4. The zero-order chi connectivity index (χ0) is 30.0. The number of likely N-dealkylation sites (tertiary alicyclic amines) is 1. The summed E-state index contributed by atoms with van der Waals surface area (Å²) in [7, 11) is 1.58. The fraction of sp³-hybridized carbons (Fsp3) is 0.424. The van der Waals surface area contributed by atoms with Crippen molar-refractivity contribution in [2.45, 2.75) is 41.8 Å². The van der Waals surface area contributed by atoms with Crippen molar-refractivity contribution in [1.82, 2.24) is 4.90 Å². The number of methoxy groups -OCH3 is 1. The first kappa shape index (κ1) is 29.9. The van der Waals surface area contributed by atoms with E-state index in [1.807, 2.05) is 30.3 Å². The van der Waals surface area contributed by atoms with Crippen molar-refractivity contribution < 1.29 is 29.0 Å². The maximum absolute atomic E-state index is 14.9. The first-order chi connectivity index (χ1) is 20.3. The molecule has 42 heavy (non-hydrogen) atoms. The van der Waals surface area contributed by atoms with Crippen molar-refractivity contribution in [2.75, 3.05) is 31.8 Å². The number of carbonyl (C=O) groups excluding carboxylic acids is 3. The Hall–Kier alpha value is -3.56. The number of aliphatic hydroxyl groups is 1. The van der Waals surface area contributed by atoms with Crippen molar-refractivity contribution in [1.29, 1.82) is 0 Å². The van der Waals surface area contributed by atoms with Gasteiger partial charge in [0.05, 0.1) is 42.9 Å². The molecule has 3 heterocycles. The molecule has 2 aromatic carbocycles. The van der Waals surface area contributed by atoms with Crippen LogP contribution in [-0.2, 0) is 19.1 Å². The predicted molar refractivity (Wildman–Crippen MR) is 163 cm³/mol. The number of benzene rings is 2. The zero-order valence-corrected chi connectivity index (χ0v) is 24.9. The van der Waals surface area contributed by atoms with Gasteiger partial charge < -0.3 is 24.4 Å². The molecule has 0 aliphatic carbocycles. The number of thioether (sulfide) groups is 1. The molecule has 1 N–H and O–H groups in total. The number of anilines is 1. The van der Waals surface area contributed by atoms with E-state index in [0.717, 1.165) is 5.56 Å². The molecule has 1 spiro atoms. The van der Waals surface area contributed by atoms with Gasteiger partial charge in [-0.3, -0.25) is 14.4 Å². The molecule has 0 aromatic heterocycles. The highest BCUT2D eigenvalue weighted by Crippen LogP contribution is 2.69. The highest BCUT2D eigenvalue weighted by molar-refractivity contribution is 8.02. The lowest BCUT2D eigenvalue weighted by Gasteiger charge is -2.42. The summed E-state index contributed by atoms with van der Waals surface area (Å²) < 4.78 is 10.1. The molecule has 5 rings (SSSR count). The average molecular weight is 591 g/mol. The molecular weight excluding hydrogens is 552 g/mol. The van der Waals surface area contributed by atoms with Crippen LogP contribution < -0.4 is 9.64 Å². The number of esters is 1. The maximum atomic E-state index is 14.9. The van der Waals surface area contributed by atoms with Crippen molar-refractivity contribution in [3.05, 3.63) is 85.5 Å². The molecule has 8 nitrogen and oxygen atoms in total. The van der Waals surface area contributed by atoms with Crippen LogP contribution in [0.3, 0.4) is 0 Å². The smallest absolute Gasteiger partial charge is 0.310 e. The van der Waals surface area contributed by atoms with Gasteiger partial charge in [0.1, 0.15) is 11.8 Å². The van der Waals surface area contributed by atoms with E-state index >= 15 is 0 Å². The molecule has 0 radical (unpaired) electrons. The Morgan fingerprint density at radius 3 is 2.50 bits per heavy atom. The molecule has 3 unspecified atom stereocenters. The normalized spacial score (nSPS) is 28.2. The summed E-state index contributed by atoms with van der Waals surface area (Å²) in [5.41, 5.74) is 1.36. The van der Waals surface area contributed by atoms with Crippen LogP contribution in [0, 0.1) is 17.8 Å². The molecule has 2 amide bonds. The van der Waals surface area contributed by atoms with Crippen LogP contribution >= 0.6 is 11.8 Å². The molecule has 2 bridgehead atoms. The van der Waals surface area contributed by atoms with Crippen LogP contribution in [0.1, 0.15) is 31.4 Å². The first-order valence-corrected chi connectivity index (χ1v) is 15.2. The summed E-state index contributed by atoms with van der Waals surface area (Å²) in [6.45, 7) is 9.69. The van der Waals surface area contributed by atoms with E-state index in [2.05, 4.69) is 20.1 Å². The van der Waals surface area contributed by atoms with Crippen molar-refractivity contribution >= 4 is 35.2 Å². The molecule has 3 aliphatic rings. The van der Waals surface area contributed by atoms with Gasteiger partial charge >= 0.3 is 5.97 Å². The number of fused-ring (bicyclic) bond motifs is 1. The topological polar surface area (TPSA) is 96.4 Å². The fourth-order valence-corrected chi connectivity index (χ4v) is 9.46. The number of aliphatic hydroxyl groups excluding tert-OH is 1. The van der Waals surface area contributed by atoms with Crippen LogP contribution in [-0.4, -0.2) is 70.7 Å². The highest BCUT2D eigenvalue weighted by Gasteiger charge is 2.77. The largest absolute Gasteiger partial charge is 0.497 e. The maximum Gasteiger partial charge on any atom is 0.310 e. The van der Waals surface area contributed by atoms with Gasteiger partial charge in [-0.2, -0.15) is 0 Å². The summed E-state index contributed by atoms with van der Waals surface area (Å²) >= 11 is 1.58. The fourth-order valence-electron chi connectivity index (χ4n) is 7.07. The lowest BCUT2D eigenvalue weighted by molar-refractivity contribution is -0.154. The Bertz CT molecular complexity index is 1330. The number of rotatable bonds is 12. The van der Waals surface area contributed by atoms with Crippen LogP contribution in [0.15, 0.2) is 79.9 Å². The van der Waals surface area contributed by atoms with E-state index in [0.29, 0.717) is 24.3 Å². The molecule has 3 aliphatic heterocycles. The van der Waals surface area contributed by atoms with E-state index in [1.165, 1.54) is 0 Å². The number of ether oxygens (including phenoxy) is 2. The third-order valence-corrected chi connectivity index (χ3v) is 11.0. The minimum Gasteiger partial charge on any atom is -0.497 e. The number of nitrogens with zero attached hydrogens (tertiary/aromatic N) is 2.